The maximum Gasteiger partial charge on any atom is 0.220 e. The van der Waals surface area contributed by atoms with Gasteiger partial charge < -0.3 is 15.2 Å². The molecule has 2 rings (SSSR count). The van der Waals surface area contributed by atoms with Crippen LogP contribution in [0.1, 0.15) is 5.69 Å². The van der Waals surface area contributed by atoms with Crippen LogP contribution in [0.3, 0.4) is 0 Å². The van der Waals surface area contributed by atoms with E-state index in [-0.39, 0.29) is 5.95 Å². The molecule has 1 aromatic carbocycles. The molecule has 18 heavy (non-hydrogen) atoms. The standard InChI is InChI=1S/C13H15N3O2/c1-8-6-10(16-13(14)15-8)9-4-5-11(17-2)12(7-9)18-3/h4-7H,1-3H3,(H2,14,15,16). The number of anilines is 1. The molecule has 0 amide bonds. The fourth-order valence-electron chi connectivity index (χ4n) is 1.73. The van der Waals surface area contributed by atoms with E-state index in [1.54, 1.807) is 14.2 Å². The van der Waals surface area contributed by atoms with Gasteiger partial charge in [-0.1, -0.05) is 0 Å². The van der Waals surface area contributed by atoms with Crippen LogP contribution in [-0.2, 0) is 0 Å². The Hall–Kier alpha value is -2.30. The molecule has 0 aliphatic heterocycles. The molecule has 1 heterocycles. The van der Waals surface area contributed by atoms with Gasteiger partial charge >= 0.3 is 0 Å². The topological polar surface area (TPSA) is 70.3 Å². The molecule has 0 atom stereocenters. The lowest BCUT2D eigenvalue weighted by Gasteiger charge is -2.09. The minimum absolute atomic E-state index is 0.264. The molecule has 0 fully saturated rings. The second-order valence-corrected chi connectivity index (χ2v) is 3.82. The molecular formula is C13H15N3O2. The summed E-state index contributed by atoms with van der Waals surface area (Å²) in [6.07, 6.45) is 0. The number of hydrogen-bond donors (Lipinski definition) is 1. The zero-order valence-corrected chi connectivity index (χ0v) is 10.6. The average molecular weight is 245 g/mol. The minimum atomic E-state index is 0.264. The summed E-state index contributed by atoms with van der Waals surface area (Å²) in [5.74, 6) is 1.60. The normalized spacial score (nSPS) is 10.2. The van der Waals surface area contributed by atoms with Crippen LogP contribution in [0.25, 0.3) is 11.3 Å². The maximum atomic E-state index is 5.65. The summed E-state index contributed by atoms with van der Waals surface area (Å²) in [5, 5.41) is 0. The lowest BCUT2D eigenvalue weighted by Crippen LogP contribution is -1.98. The van der Waals surface area contributed by atoms with Crippen LogP contribution in [0, 0.1) is 6.92 Å². The van der Waals surface area contributed by atoms with Crippen molar-refractivity contribution >= 4 is 5.95 Å². The molecule has 0 saturated carbocycles. The number of nitrogens with zero attached hydrogens (tertiary/aromatic N) is 2. The number of methoxy groups -OCH3 is 2. The van der Waals surface area contributed by atoms with Crippen LogP contribution in [0.2, 0.25) is 0 Å². The number of aryl methyl sites for hydroxylation is 1. The Labute approximate surface area is 106 Å². The van der Waals surface area contributed by atoms with Gasteiger partial charge in [-0.3, -0.25) is 0 Å². The first-order valence-electron chi connectivity index (χ1n) is 5.47. The van der Waals surface area contributed by atoms with E-state index in [1.165, 1.54) is 0 Å². The van der Waals surface area contributed by atoms with E-state index in [1.807, 2.05) is 31.2 Å². The zero-order valence-electron chi connectivity index (χ0n) is 10.6. The number of nitrogens with two attached hydrogens (primary N) is 1. The van der Waals surface area contributed by atoms with Crippen LogP contribution in [0.5, 0.6) is 11.5 Å². The molecule has 0 radical (unpaired) electrons. The Kier molecular flexibility index (Phi) is 3.32. The van der Waals surface area contributed by atoms with Gasteiger partial charge in [0.15, 0.2) is 11.5 Å². The van der Waals surface area contributed by atoms with Crippen molar-refractivity contribution in [3.63, 3.8) is 0 Å². The number of nitrogen functional groups attached to an aromatic ring is 1. The summed E-state index contributed by atoms with van der Waals surface area (Å²) in [7, 11) is 3.20. The van der Waals surface area contributed by atoms with Crippen molar-refractivity contribution in [2.75, 3.05) is 20.0 Å². The number of ether oxygens (including phenoxy) is 2. The molecule has 94 valence electrons. The SMILES string of the molecule is COc1ccc(-c2cc(C)nc(N)n2)cc1OC. The van der Waals surface area contributed by atoms with Crippen molar-refractivity contribution in [2.45, 2.75) is 6.92 Å². The van der Waals surface area contributed by atoms with E-state index >= 15 is 0 Å². The van der Waals surface area contributed by atoms with Gasteiger partial charge in [0.05, 0.1) is 19.9 Å². The highest BCUT2D eigenvalue weighted by atomic mass is 16.5. The van der Waals surface area contributed by atoms with Crippen molar-refractivity contribution in [3.8, 4) is 22.8 Å². The molecule has 5 nitrogen and oxygen atoms in total. The lowest BCUT2D eigenvalue weighted by atomic mass is 10.1. The van der Waals surface area contributed by atoms with Crippen LogP contribution in [0.4, 0.5) is 5.95 Å². The fourth-order valence-corrected chi connectivity index (χ4v) is 1.73. The number of benzene rings is 1. The third-order valence-corrected chi connectivity index (χ3v) is 2.55. The second kappa shape index (κ2) is 4.91. The van der Waals surface area contributed by atoms with E-state index < -0.39 is 0 Å². The predicted octanol–water partition coefficient (Wildman–Crippen LogP) is 2.05. The summed E-state index contributed by atoms with van der Waals surface area (Å²) in [5.41, 5.74) is 8.14. The van der Waals surface area contributed by atoms with E-state index in [0.717, 1.165) is 17.0 Å². The summed E-state index contributed by atoms with van der Waals surface area (Å²) in [4.78, 5) is 8.25. The Morgan fingerprint density at radius 1 is 1.00 bits per heavy atom. The number of rotatable bonds is 3. The van der Waals surface area contributed by atoms with Crippen LogP contribution < -0.4 is 15.2 Å². The lowest BCUT2D eigenvalue weighted by molar-refractivity contribution is 0.355. The van der Waals surface area contributed by atoms with Crippen molar-refractivity contribution in [1.82, 2.24) is 9.97 Å². The van der Waals surface area contributed by atoms with Crippen LogP contribution in [-0.4, -0.2) is 24.2 Å². The smallest absolute Gasteiger partial charge is 0.220 e. The van der Waals surface area contributed by atoms with Gasteiger partial charge in [0, 0.05) is 11.3 Å². The minimum Gasteiger partial charge on any atom is -0.493 e. The second-order valence-electron chi connectivity index (χ2n) is 3.82. The van der Waals surface area contributed by atoms with E-state index in [2.05, 4.69) is 9.97 Å². The number of aromatic nitrogens is 2. The fraction of sp³-hybridized carbons (Fsp3) is 0.231. The Balaban J connectivity index is 2.50. The summed E-state index contributed by atoms with van der Waals surface area (Å²) in [6.45, 7) is 1.88. The molecule has 2 N–H and O–H groups in total. The molecule has 0 saturated heterocycles. The molecule has 2 aromatic rings. The Bertz CT molecular complexity index is 550. The summed E-state index contributed by atoms with van der Waals surface area (Å²) < 4.78 is 10.5. The Morgan fingerprint density at radius 3 is 2.33 bits per heavy atom. The van der Waals surface area contributed by atoms with Gasteiger partial charge in [0.25, 0.3) is 0 Å². The maximum absolute atomic E-state index is 5.65. The average Bonchev–Trinajstić information content (AvgIpc) is 2.36. The third-order valence-electron chi connectivity index (χ3n) is 2.55. The first kappa shape index (κ1) is 12.2. The molecule has 0 spiro atoms. The van der Waals surface area contributed by atoms with Crippen LogP contribution >= 0.6 is 0 Å². The Morgan fingerprint density at radius 2 is 1.72 bits per heavy atom. The van der Waals surface area contributed by atoms with Crippen LogP contribution in [0.15, 0.2) is 24.3 Å². The van der Waals surface area contributed by atoms with E-state index in [4.69, 9.17) is 15.2 Å². The summed E-state index contributed by atoms with van der Waals surface area (Å²) >= 11 is 0. The molecular weight excluding hydrogens is 230 g/mol. The first-order chi connectivity index (χ1) is 8.63. The first-order valence-corrected chi connectivity index (χ1v) is 5.47. The monoisotopic (exact) mass is 245 g/mol. The van der Waals surface area contributed by atoms with Gasteiger partial charge in [0.2, 0.25) is 5.95 Å². The van der Waals surface area contributed by atoms with Crippen molar-refractivity contribution in [3.05, 3.63) is 30.0 Å². The third kappa shape index (κ3) is 2.34. The van der Waals surface area contributed by atoms with Gasteiger partial charge in [-0.25, -0.2) is 9.97 Å². The number of hydrogen-bond acceptors (Lipinski definition) is 5. The molecule has 0 aliphatic rings. The molecule has 0 aliphatic carbocycles. The van der Waals surface area contributed by atoms with Crippen molar-refractivity contribution in [1.29, 1.82) is 0 Å². The van der Waals surface area contributed by atoms with E-state index in [0.29, 0.717) is 11.5 Å². The summed E-state index contributed by atoms with van der Waals surface area (Å²) in [6, 6.07) is 7.47. The largest absolute Gasteiger partial charge is 0.493 e. The highest BCUT2D eigenvalue weighted by Gasteiger charge is 2.08. The highest BCUT2D eigenvalue weighted by molar-refractivity contribution is 5.65. The molecule has 0 bridgehead atoms. The molecule has 0 unspecified atom stereocenters. The van der Waals surface area contributed by atoms with Gasteiger partial charge in [-0.2, -0.15) is 0 Å². The van der Waals surface area contributed by atoms with Gasteiger partial charge in [-0.05, 0) is 31.2 Å². The highest BCUT2D eigenvalue weighted by Crippen LogP contribution is 2.31. The quantitative estimate of drug-likeness (QED) is 0.896. The predicted molar refractivity (Wildman–Crippen MR) is 69.7 cm³/mol. The molecule has 5 heteroatoms. The van der Waals surface area contributed by atoms with Gasteiger partial charge in [0.1, 0.15) is 0 Å². The molecule has 1 aromatic heterocycles. The van der Waals surface area contributed by atoms with E-state index in [9.17, 15) is 0 Å². The van der Waals surface area contributed by atoms with Crippen molar-refractivity contribution < 1.29 is 9.47 Å². The van der Waals surface area contributed by atoms with Gasteiger partial charge in [-0.15, -0.1) is 0 Å². The zero-order chi connectivity index (χ0) is 13.1. The van der Waals surface area contributed by atoms with Crippen molar-refractivity contribution in [2.24, 2.45) is 0 Å².